The Hall–Kier alpha value is -3.48. The maximum atomic E-state index is 12.8. The molecule has 0 radical (unpaired) electrons. The van der Waals surface area contributed by atoms with E-state index < -0.39 is 35.9 Å². The first-order valence-electron chi connectivity index (χ1n) is 10.1. The fourth-order valence-electron chi connectivity index (χ4n) is 3.81. The van der Waals surface area contributed by atoms with Crippen LogP contribution in [0.2, 0.25) is 0 Å². The largest absolute Gasteiger partial charge is 0.490 e. The van der Waals surface area contributed by atoms with Gasteiger partial charge in [-0.2, -0.15) is 13.2 Å². The summed E-state index contributed by atoms with van der Waals surface area (Å²) in [6.07, 6.45) is -3.05. The molecule has 3 aliphatic rings. The molecule has 33 heavy (non-hydrogen) atoms. The van der Waals surface area contributed by atoms with E-state index >= 15 is 0 Å². The van der Waals surface area contributed by atoms with Crippen molar-refractivity contribution in [1.29, 1.82) is 0 Å². The lowest BCUT2D eigenvalue weighted by Gasteiger charge is -2.32. The fourth-order valence-corrected chi connectivity index (χ4v) is 3.81. The van der Waals surface area contributed by atoms with Crippen molar-refractivity contribution in [3.05, 3.63) is 29.3 Å². The van der Waals surface area contributed by atoms with Crippen LogP contribution in [-0.4, -0.2) is 71.0 Å². The van der Waals surface area contributed by atoms with Crippen molar-refractivity contribution < 1.29 is 42.3 Å². The number of carboxylic acid groups (broad SMARTS) is 1. The summed E-state index contributed by atoms with van der Waals surface area (Å²) in [5.41, 5.74) is 7.43. The van der Waals surface area contributed by atoms with Gasteiger partial charge in [-0.1, -0.05) is 0 Å². The molecule has 2 saturated heterocycles. The highest BCUT2D eigenvalue weighted by Gasteiger charge is 2.44. The van der Waals surface area contributed by atoms with E-state index in [2.05, 4.69) is 10.2 Å². The monoisotopic (exact) mass is 470 g/mol. The molecule has 1 unspecified atom stereocenters. The van der Waals surface area contributed by atoms with Crippen molar-refractivity contribution in [2.75, 3.05) is 18.0 Å². The lowest BCUT2D eigenvalue weighted by atomic mass is 10.0. The zero-order chi connectivity index (χ0) is 24.5. The number of carbonyl (C=O) groups is 5. The lowest BCUT2D eigenvalue weighted by molar-refractivity contribution is -0.192. The van der Waals surface area contributed by atoms with Gasteiger partial charge in [0.25, 0.3) is 11.8 Å². The highest BCUT2D eigenvalue weighted by atomic mass is 19.4. The third kappa shape index (κ3) is 5.13. The number of halogens is 3. The number of hydrogen-bond donors (Lipinski definition) is 3. The summed E-state index contributed by atoms with van der Waals surface area (Å²) in [5.74, 6) is -4.69. The molecular weight excluding hydrogens is 449 g/mol. The number of rotatable bonds is 2. The van der Waals surface area contributed by atoms with Gasteiger partial charge in [-0.15, -0.1) is 0 Å². The average Bonchev–Trinajstić information content (AvgIpc) is 2.98. The van der Waals surface area contributed by atoms with Crippen molar-refractivity contribution in [1.82, 2.24) is 10.2 Å². The fraction of sp³-hybridized carbons (Fsp3) is 0.450. The molecule has 3 heterocycles. The number of imide groups is 2. The Balaban J connectivity index is 0.000000383. The van der Waals surface area contributed by atoms with E-state index in [1.54, 1.807) is 12.1 Å². The summed E-state index contributed by atoms with van der Waals surface area (Å²) in [6.45, 7) is 1.61. The molecule has 4 N–H and O–H groups in total. The quantitative estimate of drug-likeness (QED) is 0.533. The van der Waals surface area contributed by atoms with Crippen LogP contribution in [0.3, 0.4) is 0 Å². The van der Waals surface area contributed by atoms with E-state index in [0.29, 0.717) is 11.1 Å². The normalized spacial score (nSPS) is 21.4. The van der Waals surface area contributed by atoms with Crippen LogP contribution in [0.25, 0.3) is 0 Å². The number of carboxylic acids is 1. The number of alkyl halides is 3. The van der Waals surface area contributed by atoms with E-state index in [4.69, 9.17) is 15.6 Å². The van der Waals surface area contributed by atoms with Gasteiger partial charge in [0, 0.05) is 31.2 Å². The van der Waals surface area contributed by atoms with Crippen LogP contribution in [0.1, 0.15) is 46.4 Å². The summed E-state index contributed by atoms with van der Waals surface area (Å²) < 4.78 is 31.7. The molecule has 1 aromatic carbocycles. The third-order valence-corrected chi connectivity index (χ3v) is 5.57. The van der Waals surface area contributed by atoms with Crippen molar-refractivity contribution >= 4 is 35.3 Å². The van der Waals surface area contributed by atoms with Crippen molar-refractivity contribution in [3.8, 4) is 0 Å². The smallest absolute Gasteiger partial charge is 0.475 e. The molecule has 2 fully saturated rings. The van der Waals surface area contributed by atoms with Crippen molar-refractivity contribution in [2.24, 2.45) is 5.73 Å². The van der Waals surface area contributed by atoms with Crippen LogP contribution in [0.4, 0.5) is 18.9 Å². The molecule has 3 aliphatic heterocycles. The second-order valence-corrected chi connectivity index (χ2v) is 7.80. The summed E-state index contributed by atoms with van der Waals surface area (Å²) in [4.78, 5) is 60.9. The predicted octanol–water partition coefficient (Wildman–Crippen LogP) is 0.649. The van der Waals surface area contributed by atoms with Gasteiger partial charge in [-0.05, 0) is 37.5 Å². The Labute approximate surface area is 185 Å². The van der Waals surface area contributed by atoms with E-state index in [0.717, 1.165) is 36.5 Å². The van der Waals surface area contributed by atoms with Crippen molar-refractivity contribution in [2.45, 2.75) is 43.9 Å². The Morgan fingerprint density at radius 2 is 1.61 bits per heavy atom. The van der Waals surface area contributed by atoms with Gasteiger partial charge < -0.3 is 15.7 Å². The van der Waals surface area contributed by atoms with Crippen LogP contribution in [0, 0.1) is 0 Å². The number of piperidine rings is 2. The number of nitrogens with two attached hydrogens (primary N) is 1. The van der Waals surface area contributed by atoms with E-state index in [1.165, 1.54) is 0 Å². The molecule has 10 nitrogen and oxygen atoms in total. The van der Waals surface area contributed by atoms with Gasteiger partial charge in [0.1, 0.15) is 6.04 Å². The van der Waals surface area contributed by atoms with Crippen LogP contribution in [-0.2, 0) is 14.4 Å². The SMILES string of the molecule is NC1CCN(c2ccc3c(c2)C(=O)N(C2CCC(=O)NC2=O)C3=O)CC1.O=C(O)C(F)(F)F. The Morgan fingerprint density at radius 3 is 2.15 bits per heavy atom. The van der Waals surface area contributed by atoms with E-state index in [9.17, 15) is 32.3 Å². The lowest BCUT2D eigenvalue weighted by Crippen LogP contribution is -2.54. The molecule has 13 heteroatoms. The third-order valence-electron chi connectivity index (χ3n) is 5.57. The number of amides is 4. The Morgan fingerprint density at radius 1 is 1.03 bits per heavy atom. The first kappa shape index (κ1) is 24.2. The van der Waals surface area contributed by atoms with Gasteiger partial charge in [0.15, 0.2) is 0 Å². The molecule has 1 aromatic rings. The number of hydrogen-bond acceptors (Lipinski definition) is 7. The molecule has 4 amide bonds. The van der Waals surface area contributed by atoms with Crippen LogP contribution in [0.5, 0.6) is 0 Å². The topological polar surface area (TPSA) is 150 Å². The number of carbonyl (C=O) groups excluding carboxylic acids is 4. The molecule has 0 aromatic heterocycles. The molecule has 4 rings (SSSR count). The van der Waals surface area contributed by atoms with Gasteiger partial charge in [-0.3, -0.25) is 29.4 Å². The number of benzene rings is 1. The van der Waals surface area contributed by atoms with Crippen LogP contribution in [0.15, 0.2) is 18.2 Å². The highest BCUT2D eigenvalue weighted by Crippen LogP contribution is 2.31. The van der Waals surface area contributed by atoms with Gasteiger partial charge >= 0.3 is 12.1 Å². The van der Waals surface area contributed by atoms with E-state index in [-0.39, 0.29) is 24.8 Å². The molecule has 178 valence electrons. The number of aliphatic carboxylic acids is 1. The minimum atomic E-state index is -5.08. The number of nitrogens with zero attached hydrogens (tertiary/aromatic N) is 2. The first-order chi connectivity index (χ1) is 15.4. The minimum Gasteiger partial charge on any atom is -0.475 e. The number of anilines is 1. The van der Waals surface area contributed by atoms with Crippen molar-refractivity contribution in [3.63, 3.8) is 0 Å². The highest BCUT2D eigenvalue weighted by molar-refractivity contribution is 6.23. The molecule has 0 bridgehead atoms. The summed E-state index contributed by atoms with van der Waals surface area (Å²) in [7, 11) is 0. The summed E-state index contributed by atoms with van der Waals surface area (Å²) in [6, 6.07) is 4.46. The summed E-state index contributed by atoms with van der Waals surface area (Å²) >= 11 is 0. The zero-order valence-electron chi connectivity index (χ0n) is 17.2. The number of nitrogens with one attached hydrogen (secondary N) is 1. The number of fused-ring (bicyclic) bond motifs is 1. The van der Waals surface area contributed by atoms with Crippen LogP contribution >= 0.6 is 0 Å². The molecule has 1 atom stereocenters. The van der Waals surface area contributed by atoms with E-state index in [1.807, 2.05) is 6.07 Å². The molecular formula is C20H21F3N4O6. The standard InChI is InChI=1S/C18H20N4O4.C2HF3O2/c19-10-5-7-21(8-6-10)11-1-2-12-13(9-11)18(26)22(17(12)25)14-3-4-15(23)20-16(14)24;3-2(4,5)1(6)7/h1-2,9-10,14H,3-8,19H2,(H,20,23,24);(H,6,7). The van der Waals surface area contributed by atoms with Gasteiger partial charge in [-0.25, -0.2) is 4.79 Å². The predicted molar refractivity (Wildman–Crippen MR) is 106 cm³/mol. The molecule has 0 saturated carbocycles. The maximum Gasteiger partial charge on any atom is 0.490 e. The average molecular weight is 470 g/mol. The molecule has 0 aliphatic carbocycles. The second kappa shape index (κ2) is 9.17. The first-order valence-corrected chi connectivity index (χ1v) is 10.1. The Kier molecular flexibility index (Phi) is 6.72. The molecule has 0 spiro atoms. The van der Waals surface area contributed by atoms with Gasteiger partial charge in [0.2, 0.25) is 11.8 Å². The summed E-state index contributed by atoms with van der Waals surface area (Å²) in [5, 5.41) is 9.32. The minimum absolute atomic E-state index is 0.114. The second-order valence-electron chi connectivity index (χ2n) is 7.80. The van der Waals surface area contributed by atoms with Crippen LogP contribution < -0.4 is 16.0 Å². The zero-order valence-corrected chi connectivity index (χ0v) is 17.2. The Bertz CT molecular complexity index is 1000. The van der Waals surface area contributed by atoms with Gasteiger partial charge in [0.05, 0.1) is 11.1 Å². The maximum absolute atomic E-state index is 12.8.